The molecule has 4 heteroatoms. The van der Waals surface area contributed by atoms with E-state index < -0.39 is 0 Å². The first-order valence-corrected chi connectivity index (χ1v) is 8.35. The van der Waals surface area contributed by atoms with Gasteiger partial charge in [-0.3, -0.25) is 4.79 Å². The Morgan fingerprint density at radius 3 is 2.80 bits per heavy atom. The van der Waals surface area contributed by atoms with Crippen LogP contribution in [-0.4, -0.2) is 49.7 Å². The summed E-state index contributed by atoms with van der Waals surface area (Å²) in [6.45, 7) is 6.71. The van der Waals surface area contributed by atoms with Crippen LogP contribution in [0.25, 0.3) is 0 Å². The van der Waals surface area contributed by atoms with Gasteiger partial charge in [-0.25, -0.2) is 0 Å². The number of ether oxygens (including phenoxy) is 1. The average Bonchev–Trinajstić information content (AvgIpc) is 2.97. The van der Waals surface area contributed by atoms with Crippen LogP contribution in [0, 0.1) is 11.3 Å². The van der Waals surface area contributed by atoms with Gasteiger partial charge in [0.25, 0.3) is 0 Å². The van der Waals surface area contributed by atoms with Crippen LogP contribution in [0.1, 0.15) is 45.4 Å². The predicted molar refractivity (Wildman–Crippen MR) is 78.5 cm³/mol. The van der Waals surface area contributed by atoms with E-state index in [1.807, 2.05) is 0 Å². The predicted octanol–water partition coefficient (Wildman–Crippen LogP) is 1.79. The van der Waals surface area contributed by atoms with Gasteiger partial charge in [-0.15, -0.1) is 0 Å². The van der Waals surface area contributed by atoms with Crippen molar-refractivity contribution in [3.63, 3.8) is 0 Å². The summed E-state index contributed by atoms with van der Waals surface area (Å²) in [4.78, 5) is 15.4. The third kappa shape index (κ3) is 2.86. The molecule has 0 aromatic carbocycles. The molecule has 1 aliphatic carbocycles. The number of hydrogen-bond acceptors (Lipinski definition) is 3. The Morgan fingerprint density at radius 1 is 1.40 bits per heavy atom. The minimum absolute atomic E-state index is 0.114. The Labute approximate surface area is 122 Å². The number of amides is 1. The van der Waals surface area contributed by atoms with Gasteiger partial charge in [0.05, 0.1) is 12.0 Å². The Kier molecular flexibility index (Phi) is 4.32. The van der Waals surface area contributed by atoms with Crippen LogP contribution in [0.2, 0.25) is 0 Å². The maximum absolute atomic E-state index is 13.2. The second-order valence-corrected chi connectivity index (χ2v) is 6.88. The lowest BCUT2D eigenvalue weighted by Crippen LogP contribution is -2.48. The molecule has 114 valence electrons. The highest BCUT2D eigenvalue weighted by molar-refractivity contribution is 5.84. The molecule has 2 saturated heterocycles. The van der Waals surface area contributed by atoms with Crippen molar-refractivity contribution in [1.29, 1.82) is 0 Å². The molecule has 3 aliphatic rings. The first kappa shape index (κ1) is 14.3. The van der Waals surface area contributed by atoms with Crippen LogP contribution >= 0.6 is 0 Å². The maximum atomic E-state index is 13.2. The molecule has 0 aromatic rings. The summed E-state index contributed by atoms with van der Waals surface area (Å²) in [6, 6.07) is 0.525. The summed E-state index contributed by atoms with van der Waals surface area (Å²) >= 11 is 0. The van der Waals surface area contributed by atoms with E-state index in [9.17, 15) is 4.79 Å². The second-order valence-electron chi connectivity index (χ2n) is 6.88. The molecule has 2 unspecified atom stereocenters. The summed E-state index contributed by atoms with van der Waals surface area (Å²) in [5, 5.41) is 3.41. The molecule has 2 aliphatic heterocycles. The van der Waals surface area contributed by atoms with Crippen LogP contribution in [-0.2, 0) is 9.53 Å². The lowest BCUT2D eigenvalue weighted by atomic mass is 9.80. The van der Waals surface area contributed by atoms with Crippen LogP contribution < -0.4 is 5.32 Å². The number of rotatable bonds is 6. The first-order valence-electron chi connectivity index (χ1n) is 8.35. The lowest BCUT2D eigenvalue weighted by molar-refractivity contribution is -0.143. The van der Waals surface area contributed by atoms with Gasteiger partial charge in [-0.05, 0) is 38.6 Å². The summed E-state index contributed by atoms with van der Waals surface area (Å²) in [5.41, 5.74) is -0.114. The largest absolute Gasteiger partial charge is 0.381 e. The van der Waals surface area contributed by atoms with Gasteiger partial charge in [0.2, 0.25) is 5.91 Å². The zero-order chi connectivity index (χ0) is 14.0. The molecule has 4 nitrogen and oxygen atoms in total. The number of hydrogen-bond donors (Lipinski definition) is 1. The van der Waals surface area contributed by atoms with E-state index >= 15 is 0 Å². The van der Waals surface area contributed by atoms with Crippen LogP contribution in [0.4, 0.5) is 0 Å². The van der Waals surface area contributed by atoms with Crippen molar-refractivity contribution in [3.8, 4) is 0 Å². The summed E-state index contributed by atoms with van der Waals surface area (Å²) < 4.78 is 5.49. The molecule has 1 saturated carbocycles. The van der Waals surface area contributed by atoms with Crippen molar-refractivity contribution in [2.75, 3.05) is 32.8 Å². The monoisotopic (exact) mass is 280 g/mol. The Hall–Kier alpha value is -0.610. The number of nitrogens with one attached hydrogen (secondary N) is 1. The molecular formula is C16H28N2O2. The van der Waals surface area contributed by atoms with Gasteiger partial charge in [0, 0.05) is 31.7 Å². The number of nitrogens with zero attached hydrogens (tertiary/aromatic N) is 1. The highest BCUT2D eigenvalue weighted by atomic mass is 16.5. The van der Waals surface area contributed by atoms with Gasteiger partial charge >= 0.3 is 0 Å². The van der Waals surface area contributed by atoms with E-state index in [1.54, 1.807) is 0 Å². The smallest absolute Gasteiger partial charge is 0.230 e. The quantitative estimate of drug-likeness (QED) is 0.806. The fourth-order valence-electron chi connectivity index (χ4n) is 3.82. The van der Waals surface area contributed by atoms with E-state index in [0.29, 0.717) is 17.9 Å². The van der Waals surface area contributed by atoms with Crippen molar-refractivity contribution in [2.24, 2.45) is 11.3 Å². The first-order chi connectivity index (χ1) is 9.75. The van der Waals surface area contributed by atoms with E-state index in [0.717, 1.165) is 58.5 Å². The molecule has 3 fully saturated rings. The molecule has 2 atom stereocenters. The molecule has 1 N–H and O–H groups in total. The van der Waals surface area contributed by atoms with Gasteiger partial charge in [-0.1, -0.05) is 13.3 Å². The van der Waals surface area contributed by atoms with Crippen molar-refractivity contribution in [1.82, 2.24) is 10.2 Å². The van der Waals surface area contributed by atoms with Crippen molar-refractivity contribution >= 4 is 5.91 Å². The topological polar surface area (TPSA) is 41.6 Å². The molecule has 0 aromatic heterocycles. The van der Waals surface area contributed by atoms with E-state index in [1.165, 1.54) is 12.8 Å². The highest BCUT2D eigenvalue weighted by Gasteiger charge is 2.46. The fraction of sp³-hybridized carbons (Fsp3) is 0.938. The summed E-state index contributed by atoms with van der Waals surface area (Å²) in [7, 11) is 0. The molecular weight excluding hydrogens is 252 g/mol. The molecule has 1 amide bonds. The Bertz CT molecular complexity index is 342. The standard InChI is InChI=1S/C16H28N2O2/c1-2-6-16(7-8-17-12-16)15(19)18(14-3-4-14)10-13-5-9-20-11-13/h13-14,17H,2-12H2,1H3. The maximum Gasteiger partial charge on any atom is 0.230 e. The van der Waals surface area contributed by atoms with E-state index in [-0.39, 0.29) is 5.41 Å². The van der Waals surface area contributed by atoms with E-state index in [2.05, 4.69) is 17.1 Å². The third-order valence-electron chi connectivity index (χ3n) is 5.15. The second kappa shape index (κ2) is 6.02. The zero-order valence-corrected chi connectivity index (χ0v) is 12.7. The van der Waals surface area contributed by atoms with Crippen LogP contribution in [0.3, 0.4) is 0 Å². The minimum Gasteiger partial charge on any atom is -0.381 e. The zero-order valence-electron chi connectivity index (χ0n) is 12.7. The van der Waals surface area contributed by atoms with Crippen molar-refractivity contribution < 1.29 is 9.53 Å². The molecule has 20 heavy (non-hydrogen) atoms. The molecule has 0 radical (unpaired) electrons. The van der Waals surface area contributed by atoms with Crippen molar-refractivity contribution in [2.45, 2.75) is 51.5 Å². The summed E-state index contributed by atoms with van der Waals surface area (Å²) in [6.07, 6.45) is 6.67. The SMILES string of the molecule is CCCC1(C(=O)N(CC2CCOC2)C2CC2)CCNC1. The lowest BCUT2D eigenvalue weighted by Gasteiger charge is -2.35. The molecule has 0 spiro atoms. The Balaban J connectivity index is 1.70. The van der Waals surface area contributed by atoms with Gasteiger partial charge in [-0.2, -0.15) is 0 Å². The molecule has 3 rings (SSSR count). The highest BCUT2D eigenvalue weighted by Crippen LogP contribution is 2.38. The summed E-state index contributed by atoms with van der Waals surface area (Å²) in [5.74, 6) is 0.992. The average molecular weight is 280 g/mol. The molecule has 2 heterocycles. The molecule has 0 bridgehead atoms. The number of carbonyl (C=O) groups is 1. The van der Waals surface area contributed by atoms with Gasteiger partial charge < -0.3 is 15.0 Å². The normalized spacial score (nSPS) is 33.5. The van der Waals surface area contributed by atoms with Gasteiger partial charge in [0.1, 0.15) is 0 Å². The third-order valence-corrected chi connectivity index (χ3v) is 5.15. The minimum atomic E-state index is -0.114. The Morgan fingerprint density at radius 2 is 2.25 bits per heavy atom. The van der Waals surface area contributed by atoms with Crippen molar-refractivity contribution in [3.05, 3.63) is 0 Å². The van der Waals surface area contributed by atoms with Gasteiger partial charge in [0.15, 0.2) is 0 Å². The van der Waals surface area contributed by atoms with Crippen LogP contribution in [0.5, 0.6) is 0 Å². The number of carbonyl (C=O) groups excluding carboxylic acids is 1. The van der Waals surface area contributed by atoms with E-state index in [4.69, 9.17) is 4.74 Å². The van der Waals surface area contributed by atoms with Crippen LogP contribution in [0.15, 0.2) is 0 Å². The fourth-order valence-corrected chi connectivity index (χ4v) is 3.82.